The van der Waals surface area contributed by atoms with E-state index in [0.717, 1.165) is 38.5 Å². The second-order valence-corrected chi connectivity index (χ2v) is 4.94. The van der Waals surface area contributed by atoms with Gasteiger partial charge in [-0.1, -0.05) is 12.1 Å². The van der Waals surface area contributed by atoms with Crippen LogP contribution >= 0.6 is 0 Å². The lowest BCUT2D eigenvalue weighted by molar-refractivity contribution is 0.0342. The highest BCUT2D eigenvalue weighted by atomic mass is 16.5. The van der Waals surface area contributed by atoms with Crippen molar-refractivity contribution in [2.24, 2.45) is 5.73 Å². The molecule has 1 aliphatic rings. The minimum absolute atomic E-state index is 0.135. The molecule has 21 heavy (non-hydrogen) atoms. The lowest BCUT2D eigenvalue weighted by Crippen LogP contribution is -2.35. The summed E-state index contributed by atoms with van der Waals surface area (Å²) in [4.78, 5) is 13.6. The quantitative estimate of drug-likeness (QED) is 0.868. The number of carbonyl (C=O) groups excluding carboxylic acids is 1. The molecule has 7 nitrogen and oxygen atoms in total. The van der Waals surface area contributed by atoms with Gasteiger partial charge in [-0.3, -0.25) is 14.3 Å². The Hall–Kier alpha value is -2.25. The third-order valence-corrected chi connectivity index (χ3v) is 3.49. The third kappa shape index (κ3) is 3.09. The van der Waals surface area contributed by atoms with Gasteiger partial charge in [0.15, 0.2) is 0 Å². The summed E-state index contributed by atoms with van der Waals surface area (Å²) in [5, 5.41) is 7.45. The van der Waals surface area contributed by atoms with Crippen molar-refractivity contribution < 1.29 is 9.53 Å². The SMILES string of the molecule is NC(=O)c1nncn1-c1ccc(CN2CCOCC2)cc1. The van der Waals surface area contributed by atoms with Gasteiger partial charge < -0.3 is 10.5 Å². The van der Waals surface area contributed by atoms with Crippen molar-refractivity contribution in [3.05, 3.63) is 42.0 Å². The third-order valence-electron chi connectivity index (χ3n) is 3.49. The highest BCUT2D eigenvalue weighted by Crippen LogP contribution is 2.13. The summed E-state index contributed by atoms with van der Waals surface area (Å²) in [6, 6.07) is 7.95. The van der Waals surface area contributed by atoms with Crippen molar-refractivity contribution in [3.8, 4) is 5.69 Å². The zero-order chi connectivity index (χ0) is 14.7. The van der Waals surface area contributed by atoms with E-state index in [9.17, 15) is 4.79 Å². The molecule has 1 aliphatic heterocycles. The second-order valence-electron chi connectivity index (χ2n) is 4.94. The fraction of sp³-hybridized carbons (Fsp3) is 0.357. The molecule has 2 aromatic rings. The number of morpholine rings is 1. The summed E-state index contributed by atoms with van der Waals surface area (Å²) in [6.07, 6.45) is 1.48. The number of hydrogen-bond donors (Lipinski definition) is 1. The van der Waals surface area contributed by atoms with E-state index in [2.05, 4.69) is 15.1 Å². The number of carbonyl (C=O) groups is 1. The molecule has 1 amide bonds. The molecule has 1 aromatic heterocycles. The predicted octanol–water partition coefficient (Wildman–Crippen LogP) is 0.198. The van der Waals surface area contributed by atoms with Crippen LogP contribution in [0.1, 0.15) is 16.2 Å². The normalized spacial score (nSPS) is 16.0. The minimum Gasteiger partial charge on any atom is -0.379 e. The second kappa shape index (κ2) is 6.02. The van der Waals surface area contributed by atoms with Crippen LogP contribution in [-0.4, -0.2) is 51.9 Å². The molecule has 7 heteroatoms. The van der Waals surface area contributed by atoms with E-state index in [1.807, 2.05) is 24.3 Å². The molecular formula is C14H17N5O2. The topological polar surface area (TPSA) is 86.3 Å². The Morgan fingerprint density at radius 1 is 1.24 bits per heavy atom. The minimum atomic E-state index is -0.593. The maximum atomic E-state index is 11.3. The van der Waals surface area contributed by atoms with E-state index >= 15 is 0 Å². The summed E-state index contributed by atoms with van der Waals surface area (Å²) in [5.74, 6) is -0.458. The summed E-state index contributed by atoms with van der Waals surface area (Å²) < 4.78 is 6.92. The van der Waals surface area contributed by atoms with Crippen LogP contribution in [0.5, 0.6) is 0 Å². The molecule has 2 heterocycles. The van der Waals surface area contributed by atoms with E-state index in [1.165, 1.54) is 11.9 Å². The van der Waals surface area contributed by atoms with Crippen LogP contribution < -0.4 is 5.73 Å². The standard InChI is InChI=1S/C14H17N5O2/c15-13(20)14-17-16-10-19(14)12-3-1-11(2-4-12)9-18-5-7-21-8-6-18/h1-4,10H,5-9H2,(H2,15,20). The zero-order valence-electron chi connectivity index (χ0n) is 11.6. The molecule has 0 radical (unpaired) electrons. The van der Waals surface area contributed by atoms with Gasteiger partial charge in [0.05, 0.1) is 13.2 Å². The van der Waals surface area contributed by atoms with Gasteiger partial charge in [-0.15, -0.1) is 10.2 Å². The number of benzene rings is 1. The van der Waals surface area contributed by atoms with Crippen LogP contribution in [0, 0.1) is 0 Å². The van der Waals surface area contributed by atoms with Crippen LogP contribution in [-0.2, 0) is 11.3 Å². The van der Waals surface area contributed by atoms with Gasteiger partial charge in [0.1, 0.15) is 6.33 Å². The molecule has 3 rings (SSSR count). The number of primary amides is 1. The van der Waals surface area contributed by atoms with E-state index < -0.39 is 5.91 Å². The molecule has 0 spiro atoms. The van der Waals surface area contributed by atoms with Gasteiger partial charge in [-0.25, -0.2) is 0 Å². The van der Waals surface area contributed by atoms with E-state index in [-0.39, 0.29) is 5.82 Å². The van der Waals surface area contributed by atoms with Gasteiger partial charge in [-0.2, -0.15) is 0 Å². The number of ether oxygens (including phenoxy) is 1. The molecule has 0 aliphatic carbocycles. The maximum absolute atomic E-state index is 11.3. The molecule has 0 unspecified atom stereocenters. The fourth-order valence-corrected chi connectivity index (χ4v) is 2.37. The average molecular weight is 287 g/mol. The van der Waals surface area contributed by atoms with E-state index in [1.54, 1.807) is 4.57 Å². The first-order valence-electron chi connectivity index (χ1n) is 6.83. The van der Waals surface area contributed by atoms with Crippen LogP contribution in [0.3, 0.4) is 0 Å². The zero-order valence-corrected chi connectivity index (χ0v) is 11.6. The maximum Gasteiger partial charge on any atom is 0.287 e. The van der Waals surface area contributed by atoms with Crippen molar-refractivity contribution in [2.45, 2.75) is 6.54 Å². The van der Waals surface area contributed by atoms with Gasteiger partial charge in [0, 0.05) is 25.3 Å². The van der Waals surface area contributed by atoms with E-state index in [4.69, 9.17) is 10.5 Å². The van der Waals surface area contributed by atoms with Gasteiger partial charge in [0.25, 0.3) is 5.91 Å². The van der Waals surface area contributed by atoms with Crippen molar-refractivity contribution in [2.75, 3.05) is 26.3 Å². The highest BCUT2D eigenvalue weighted by molar-refractivity contribution is 5.89. The lowest BCUT2D eigenvalue weighted by Gasteiger charge is -2.26. The number of hydrogen-bond acceptors (Lipinski definition) is 5. The van der Waals surface area contributed by atoms with Crippen molar-refractivity contribution in [1.82, 2.24) is 19.7 Å². The Labute approximate surface area is 122 Å². The number of rotatable bonds is 4. The summed E-state index contributed by atoms with van der Waals surface area (Å²) in [6.45, 7) is 4.40. The van der Waals surface area contributed by atoms with Crippen molar-refractivity contribution in [3.63, 3.8) is 0 Å². The molecule has 1 saturated heterocycles. The Balaban J connectivity index is 1.74. The number of aromatic nitrogens is 3. The van der Waals surface area contributed by atoms with E-state index in [0.29, 0.717) is 0 Å². The highest BCUT2D eigenvalue weighted by Gasteiger charge is 2.13. The van der Waals surface area contributed by atoms with Gasteiger partial charge in [0.2, 0.25) is 5.82 Å². The monoisotopic (exact) mass is 287 g/mol. The predicted molar refractivity (Wildman–Crippen MR) is 76.0 cm³/mol. The van der Waals surface area contributed by atoms with Crippen molar-refractivity contribution in [1.29, 1.82) is 0 Å². The largest absolute Gasteiger partial charge is 0.379 e. The molecule has 0 atom stereocenters. The first-order valence-corrected chi connectivity index (χ1v) is 6.83. The first kappa shape index (κ1) is 13.7. The molecule has 1 aromatic carbocycles. The number of nitrogens with two attached hydrogens (primary N) is 1. The Kier molecular flexibility index (Phi) is 3.94. The van der Waals surface area contributed by atoms with Gasteiger partial charge >= 0.3 is 0 Å². The first-order chi connectivity index (χ1) is 10.2. The van der Waals surface area contributed by atoms with Gasteiger partial charge in [-0.05, 0) is 17.7 Å². The average Bonchev–Trinajstić information content (AvgIpc) is 2.99. The van der Waals surface area contributed by atoms with Crippen LogP contribution in [0.4, 0.5) is 0 Å². The number of amides is 1. The molecule has 0 bridgehead atoms. The van der Waals surface area contributed by atoms with Crippen LogP contribution in [0.15, 0.2) is 30.6 Å². The summed E-state index contributed by atoms with van der Waals surface area (Å²) >= 11 is 0. The Morgan fingerprint density at radius 3 is 2.62 bits per heavy atom. The molecule has 0 saturated carbocycles. The number of nitrogens with zero attached hydrogens (tertiary/aromatic N) is 4. The van der Waals surface area contributed by atoms with Crippen molar-refractivity contribution >= 4 is 5.91 Å². The lowest BCUT2D eigenvalue weighted by atomic mass is 10.2. The summed E-state index contributed by atoms with van der Waals surface area (Å²) in [7, 11) is 0. The molecule has 2 N–H and O–H groups in total. The Bertz CT molecular complexity index is 617. The fourth-order valence-electron chi connectivity index (χ4n) is 2.37. The smallest absolute Gasteiger partial charge is 0.287 e. The van der Waals surface area contributed by atoms with Crippen LogP contribution in [0.2, 0.25) is 0 Å². The molecular weight excluding hydrogens is 270 g/mol. The molecule has 1 fully saturated rings. The van der Waals surface area contributed by atoms with Crippen LogP contribution in [0.25, 0.3) is 5.69 Å². The molecule has 110 valence electrons. The Morgan fingerprint density at radius 2 is 1.95 bits per heavy atom. The summed E-state index contributed by atoms with van der Waals surface area (Å²) in [5.41, 5.74) is 7.31.